The Hall–Kier alpha value is -0.900. The molecule has 0 aliphatic carbocycles. The van der Waals surface area contributed by atoms with Crippen LogP contribution in [0.15, 0.2) is 24.5 Å². The Bertz CT molecular complexity index is 257. The Balaban J connectivity index is 4.01. The summed E-state index contributed by atoms with van der Waals surface area (Å²) in [4.78, 5) is 23.2. The van der Waals surface area contributed by atoms with Crippen molar-refractivity contribution in [1.82, 2.24) is 0 Å². The summed E-state index contributed by atoms with van der Waals surface area (Å²) in [5.74, 6) is -0.246. The summed E-state index contributed by atoms with van der Waals surface area (Å²) in [6.45, 7) is 7.61. The van der Waals surface area contributed by atoms with Gasteiger partial charge in [-0.2, -0.15) is 0 Å². The van der Waals surface area contributed by atoms with Gasteiger partial charge in [-0.3, -0.25) is 9.45 Å². The fourth-order valence-corrected chi connectivity index (χ4v) is 0.424. The molecule has 1 N–H and O–H groups in total. The summed E-state index contributed by atoms with van der Waals surface area (Å²) in [5.41, 5.74) is 0.0686. The molecule has 0 fully saturated rings. The third-order valence-electron chi connectivity index (χ3n) is 0.799. The zero-order valence-electron chi connectivity index (χ0n) is 6.52. The lowest BCUT2D eigenvalue weighted by Crippen LogP contribution is -2.03. The molecule has 5 nitrogen and oxygen atoms in total. The maximum Gasteiger partial charge on any atom is 0.389 e. The van der Waals surface area contributed by atoms with Crippen LogP contribution in [0.4, 0.5) is 0 Å². The van der Waals surface area contributed by atoms with Crippen LogP contribution in [0.25, 0.3) is 0 Å². The first-order chi connectivity index (χ1) is 5.39. The molecule has 0 bridgehead atoms. The zero-order chi connectivity index (χ0) is 9.78. The molecule has 0 radical (unpaired) electrons. The van der Waals surface area contributed by atoms with Gasteiger partial charge in [-0.15, -0.1) is 0 Å². The van der Waals surface area contributed by atoms with E-state index in [0.717, 1.165) is 0 Å². The number of carbonyl (C=O) groups excluding carboxylic acids is 1. The molecule has 12 heavy (non-hydrogen) atoms. The highest BCUT2D eigenvalue weighted by molar-refractivity contribution is 7.56. The van der Waals surface area contributed by atoms with Crippen LogP contribution in [-0.4, -0.2) is 10.9 Å². The molecule has 6 heteroatoms. The minimum atomic E-state index is -3.99. The molecular weight excluding hydrogens is 183 g/mol. The molecule has 1 atom stereocenters. The summed E-state index contributed by atoms with van der Waals surface area (Å²) in [5, 5.41) is 0. The molecule has 0 rings (SSSR count). The molecular formula is C6H9O5P. The lowest BCUT2D eigenvalue weighted by molar-refractivity contribution is -0.211. The van der Waals surface area contributed by atoms with Gasteiger partial charge in [0, 0.05) is 11.4 Å². The number of carbonyl (C=O) groups is 1. The molecule has 0 aliphatic rings. The van der Waals surface area contributed by atoms with E-state index >= 15 is 0 Å². The first-order valence-electron chi connectivity index (χ1n) is 2.91. The second-order valence-electron chi connectivity index (χ2n) is 1.97. The topological polar surface area (TPSA) is 72.8 Å². The van der Waals surface area contributed by atoms with Crippen molar-refractivity contribution in [2.24, 2.45) is 0 Å². The molecule has 0 amide bonds. The number of rotatable bonds is 4. The van der Waals surface area contributed by atoms with E-state index < -0.39 is 13.6 Å². The Morgan fingerprint density at radius 2 is 2.17 bits per heavy atom. The standard InChI is InChI=1S/C6H9O5P/c1-4-12(8,9)11-10-6(7)5(2)3/h4H,1-2H2,3H3,(H,8,9). The second-order valence-corrected chi connectivity index (χ2v) is 3.61. The number of hydrogen-bond acceptors (Lipinski definition) is 4. The Labute approximate surface area is 69.8 Å². The van der Waals surface area contributed by atoms with E-state index in [2.05, 4.69) is 22.7 Å². The van der Waals surface area contributed by atoms with Crippen molar-refractivity contribution in [3.63, 3.8) is 0 Å². The van der Waals surface area contributed by atoms with Crippen molar-refractivity contribution in [1.29, 1.82) is 0 Å². The Morgan fingerprint density at radius 1 is 1.67 bits per heavy atom. The van der Waals surface area contributed by atoms with Crippen molar-refractivity contribution in [3.05, 3.63) is 24.5 Å². The molecule has 68 valence electrons. The highest BCUT2D eigenvalue weighted by Gasteiger charge is 2.18. The van der Waals surface area contributed by atoms with Gasteiger partial charge in [0.15, 0.2) is 0 Å². The molecule has 0 saturated carbocycles. The minimum absolute atomic E-state index is 0.0686. The lowest BCUT2D eigenvalue weighted by atomic mass is 10.4. The maximum atomic E-state index is 10.6. The van der Waals surface area contributed by atoms with Gasteiger partial charge in [0.05, 0.1) is 0 Å². The Morgan fingerprint density at radius 3 is 2.50 bits per heavy atom. The molecule has 0 heterocycles. The fourth-order valence-electron chi connectivity index (χ4n) is 0.189. The van der Waals surface area contributed by atoms with E-state index in [4.69, 9.17) is 4.89 Å². The normalized spacial score (nSPS) is 14.5. The highest BCUT2D eigenvalue weighted by Crippen LogP contribution is 2.42. The van der Waals surface area contributed by atoms with Gasteiger partial charge in [-0.05, 0) is 6.92 Å². The maximum absolute atomic E-state index is 10.6. The smallest absolute Gasteiger partial charge is 0.319 e. The van der Waals surface area contributed by atoms with E-state index in [9.17, 15) is 9.36 Å². The predicted molar refractivity (Wildman–Crippen MR) is 42.0 cm³/mol. The fraction of sp³-hybridized carbons (Fsp3) is 0.167. The lowest BCUT2D eigenvalue weighted by Gasteiger charge is -2.04. The molecule has 0 aromatic rings. The zero-order valence-corrected chi connectivity index (χ0v) is 7.41. The Kier molecular flexibility index (Phi) is 3.89. The molecule has 0 aromatic carbocycles. The van der Waals surface area contributed by atoms with Crippen molar-refractivity contribution in [3.8, 4) is 0 Å². The summed E-state index contributed by atoms with van der Waals surface area (Å²) in [6.07, 6.45) is 0. The second kappa shape index (κ2) is 4.21. The SMILES string of the molecule is C=CP(=O)(O)OOC(=O)C(=C)C. The van der Waals surface area contributed by atoms with Gasteiger partial charge in [-0.25, -0.2) is 4.79 Å². The van der Waals surface area contributed by atoms with E-state index in [1.54, 1.807) is 0 Å². The van der Waals surface area contributed by atoms with Crippen molar-refractivity contribution >= 4 is 13.6 Å². The van der Waals surface area contributed by atoms with Gasteiger partial charge >= 0.3 is 13.6 Å². The van der Waals surface area contributed by atoms with Crippen LogP contribution in [0.3, 0.4) is 0 Å². The van der Waals surface area contributed by atoms with Gasteiger partial charge in [0.2, 0.25) is 0 Å². The van der Waals surface area contributed by atoms with E-state index in [0.29, 0.717) is 5.82 Å². The quantitative estimate of drug-likeness (QED) is 0.315. The van der Waals surface area contributed by atoms with E-state index in [1.807, 2.05) is 0 Å². The van der Waals surface area contributed by atoms with Crippen molar-refractivity contribution in [2.75, 3.05) is 0 Å². The largest absolute Gasteiger partial charge is 0.389 e. The predicted octanol–water partition coefficient (Wildman–Crippen LogP) is 1.37. The van der Waals surface area contributed by atoms with Gasteiger partial charge in [0.1, 0.15) is 0 Å². The average Bonchev–Trinajstić information content (AvgIpc) is 2.00. The summed E-state index contributed by atoms with van der Waals surface area (Å²) < 4.78 is 14.5. The van der Waals surface area contributed by atoms with E-state index in [-0.39, 0.29) is 5.57 Å². The van der Waals surface area contributed by atoms with Crippen molar-refractivity contribution < 1.29 is 23.8 Å². The monoisotopic (exact) mass is 192 g/mol. The molecule has 0 aliphatic heterocycles. The van der Waals surface area contributed by atoms with Gasteiger partial charge in [-0.1, -0.05) is 17.8 Å². The summed E-state index contributed by atoms with van der Waals surface area (Å²) >= 11 is 0. The highest BCUT2D eigenvalue weighted by atomic mass is 31.2. The van der Waals surface area contributed by atoms with Crippen LogP contribution in [0.5, 0.6) is 0 Å². The summed E-state index contributed by atoms with van der Waals surface area (Å²) in [6, 6.07) is 0. The van der Waals surface area contributed by atoms with Crippen LogP contribution >= 0.6 is 7.60 Å². The molecule has 0 spiro atoms. The first kappa shape index (κ1) is 11.1. The minimum Gasteiger partial charge on any atom is -0.319 e. The van der Waals surface area contributed by atoms with Crippen molar-refractivity contribution in [2.45, 2.75) is 6.92 Å². The average molecular weight is 192 g/mol. The van der Waals surface area contributed by atoms with Gasteiger partial charge < -0.3 is 4.89 Å². The van der Waals surface area contributed by atoms with Crippen LogP contribution in [-0.2, 0) is 18.9 Å². The van der Waals surface area contributed by atoms with Crippen LogP contribution in [0, 0.1) is 0 Å². The molecule has 1 unspecified atom stereocenters. The molecule has 0 aromatic heterocycles. The van der Waals surface area contributed by atoms with Crippen LogP contribution in [0.1, 0.15) is 6.92 Å². The van der Waals surface area contributed by atoms with E-state index in [1.165, 1.54) is 6.92 Å². The molecule has 0 saturated heterocycles. The summed E-state index contributed by atoms with van der Waals surface area (Å²) in [7, 11) is -3.99. The number of hydrogen-bond donors (Lipinski definition) is 1. The van der Waals surface area contributed by atoms with Gasteiger partial charge in [0.25, 0.3) is 0 Å². The third-order valence-corrected chi connectivity index (χ3v) is 1.55. The van der Waals surface area contributed by atoms with Crippen LogP contribution < -0.4 is 0 Å². The third kappa shape index (κ3) is 4.08. The van der Waals surface area contributed by atoms with Crippen LogP contribution in [0.2, 0.25) is 0 Å². The first-order valence-corrected chi connectivity index (χ1v) is 4.56.